The van der Waals surface area contributed by atoms with Gasteiger partial charge in [-0.05, 0) is 8.20 Å². The highest BCUT2D eigenvalue weighted by atomic mass is 31.1. The zero-order chi connectivity index (χ0) is 5.86. The third-order valence-corrected chi connectivity index (χ3v) is 1.48. The van der Waals surface area contributed by atoms with Crippen LogP contribution in [0.1, 0.15) is 13.8 Å². The molecule has 0 bridgehead atoms. The van der Waals surface area contributed by atoms with Gasteiger partial charge in [-0.15, -0.1) is 0 Å². The van der Waals surface area contributed by atoms with Crippen molar-refractivity contribution in [2.75, 3.05) is 0 Å². The quantitative estimate of drug-likeness (QED) is 0.500. The minimum absolute atomic E-state index is 0.152. The van der Waals surface area contributed by atoms with Gasteiger partial charge < -0.3 is 0 Å². The lowest BCUT2D eigenvalue weighted by Gasteiger charge is -1.91. The second-order valence-corrected chi connectivity index (χ2v) is 2.41. The molecule has 0 aliphatic heterocycles. The summed E-state index contributed by atoms with van der Waals surface area (Å²) in [6.45, 7) is 3.75. The number of carbonyl (C=O) groups is 1. The molecule has 0 amide bonds. The molecule has 0 saturated carbocycles. The molecule has 0 radical (unpaired) electrons. The van der Waals surface area contributed by atoms with Gasteiger partial charge in [-0.25, -0.2) is 0 Å². The average molecular weight is 116 g/mol. The molecule has 40 valence electrons. The van der Waals surface area contributed by atoms with E-state index in [9.17, 15) is 4.79 Å². The number of rotatable bonds is 2. The van der Waals surface area contributed by atoms with Crippen LogP contribution in [-0.4, -0.2) is 11.8 Å². The lowest BCUT2D eigenvalue weighted by Crippen LogP contribution is -1.95. The van der Waals surface area contributed by atoms with E-state index >= 15 is 0 Å². The summed E-state index contributed by atoms with van der Waals surface area (Å²) in [6.07, 6.45) is 3.43. The standard InChI is InChI=1S/C5H9OP/c1-4(2)5(6)7-3/h4H,3H2,1-2H3. The van der Waals surface area contributed by atoms with Crippen LogP contribution in [0, 0.1) is 5.92 Å². The Kier molecular flexibility index (Phi) is 2.86. The first-order valence-corrected chi connectivity index (χ1v) is 3.27. The fraction of sp³-hybridized carbons (Fsp3) is 0.600. The number of hydrogen-bond acceptors (Lipinski definition) is 1. The van der Waals surface area contributed by atoms with Gasteiger partial charge in [0.2, 0.25) is 0 Å². The Bertz CT molecular complexity index is 86.1. The fourth-order valence-corrected chi connectivity index (χ4v) is 0.548. The lowest BCUT2D eigenvalue weighted by atomic mass is 10.3. The van der Waals surface area contributed by atoms with Gasteiger partial charge in [0.15, 0.2) is 5.52 Å². The molecule has 0 atom stereocenters. The Hall–Kier alpha value is -0.160. The predicted molar refractivity (Wildman–Crippen MR) is 33.9 cm³/mol. The summed E-state index contributed by atoms with van der Waals surface area (Å²) < 4.78 is 0. The molecule has 7 heavy (non-hydrogen) atoms. The SMILES string of the molecule is C=PC(=O)C(C)C. The maximum absolute atomic E-state index is 10.4. The molecule has 0 aromatic heterocycles. The van der Waals surface area contributed by atoms with Crippen LogP contribution in [0.5, 0.6) is 0 Å². The predicted octanol–water partition coefficient (Wildman–Crippen LogP) is 1.55. The Morgan fingerprint density at radius 2 is 2.14 bits per heavy atom. The van der Waals surface area contributed by atoms with E-state index in [-0.39, 0.29) is 11.4 Å². The molecule has 0 heterocycles. The molecule has 0 aliphatic rings. The molecule has 0 saturated heterocycles. The van der Waals surface area contributed by atoms with Crippen molar-refractivity contribution in [3.63, 3.8) is 0 Å². The van der Waals surface area contributed by atoms with Crippen molar-refractivity contribution in [1.29, 1.82) is 0 Å². The maximum atomic E-state index is 10.4. The van der Waals surface area contributed by atoms with E-state index in [1.807, 2.05) is 13.8 Å². The maximum Gasteiger partial charge on any atom is 0.183 e. The summed E-state index contributed by atoms with van der Waals surface area (Å²) in [4.78, 5) is 10.4. The smallest absolute Gasteiger partial charge is 0.183 e. The van der Waals surface area contributed by atoms with Crippen molar-refractivity contribution < 1.29 is 4.79 Å². The topological polar surface area (TPSA) is 17.1 Å². The van der Waals surface area contributed by atoms with Crippen molar-refractivity contribution in [1.82, 2.24) is 0 Å². The van der Waals surface area contributed by atoms with Crippen molar-refractivity contribution in [2.45, 2.75) is 13.8 Å². The van der Waals surface area contributed by atoms with Crippen LogP contribution in [-0.2, 0) is 4.79 Å². The molecular weight excluding hydrogens is 107 g/mol. The molecule has 0 fully saturated rings. The first kappa shape index (κ1) is 6.84. The fourth-order valence-electron chi connectivity index (χ4n) is 0.183. The third kappa shape index (κ3) is 2.52. The van der Waals surface area contributed by atoms with E-state index in [4.69, 9.17) is 0 Å². The summed E-state index contributed by atoms with van der Waals surface area (Å²) in [5, 5.41) is 0. The van der Waals surface area contributed by atoms with Crippen LogP contribution in [0.25, 0.3) is 0 Å². The van der Waals surface area contributed by atoms with Crippen molar-refractivity contribution in [2.24, 2.45) is 5.92 Å². The molecule has 0 aliphatic carbocycles. The van der Waals surface area contributed by atoms with Crippen LogP contribution in [0.4, 0.5) is 0 Å². The normalized spacial score (nSPS) is 10.1. The average Bonchev–Trinajstić information content (AvgIpc) is 1.65. The molecular formula is C5H9OP. The van der Waals surface area contributed by atoms with Gasteiger partial charge in [0, 0.05) is 5.92 Å². The Labute approximate surface area is 45.5 Å². The second kappa shape index (κ2) is 2.92. The molecule has 0 aromatic rings. The van der Waals surface area contributed by atoms with Crippen molar-refractivity contribution >= 4 is 20.0 Å². The first-order valence-electron chi connectivity index (χ1n) is 2.19. The largest absolute Gasteiger partial charge is 0.289 e. The van der Waals surface area contributed by atoms with E-state index in [1.54, 1.807) is 0 Å². The van der Waals surface area contributed by atoms with E-state index < -0.39 is 0 Å². The van der Waals surface area contributed by atoms with Gasteiger partial charge in [0.25, 0.3) is 0 Å². The zero-order valence-corrected chi connectivity index (χ0v) is 5.53. The highest BCUT2D eigenvalue weighted by molar-refractivity contribution is 7.56. The van der Waals surface area contributed by atoms with Gasteiger partial charge in [-0.1, -0.05) is 20.1 Å². The summed E-state index contributed by atoms with van der Waals surface area (Å²) in [5.41, 5.74) is 0.208. The minimum atomic E-state index is 0.152. The van der Waals surface area contributed by atoms with E-state index in [2.05, 4.69) is 6.30 Å². The van der Waals surface area contributed by atoms with Gasteiger partial charge >= 0.3 is 0 Å². The van der Waals surface area contributed by atoms with E-state index in [0.29, 0.717) is 8.20 Å². The number of carbonyl (C=O) groups excluding carboxylic acids is 1. The summed E-state index contributed by atoms with van der Waals surface area (Å²) >= 11 is 0. The molecule has 0 N–H and O–H groups in total. The second-order valence-electron chi connectivity index (χ2n) is 1.65. The van der Waals surface area contributed by atoms with Gasteiger partial charge in [0.1, 0.15) is 0 Å². The minimum Gasteiger partial charge on any atom is -0.289 e. The number of hydrogen-bond donors (Lipinski definition) is 0. The summed E-state index contributed by atoms with van der Waals surface area (Å²) in [6, 6.07) is 0. The van der Waals surface area contributed by atoms with Crippen LogP contribution in [0.15, 0.2) is 0 Å². The molecule has 0 rings (SSSR count). The Morgan fingerprint density at radius 1 is 1.71 bits per heavy atom. The van der Waals surface area contributed by atoms with E-state index in [1.165, 1.54) is 0 Å². The first-order chi connectivity index (χ1) is 3.18. The molecule has 0 aromatic carbocycles. The Morgan fingerprint density at radius 3 is 2.14 bits per heavy atom. The molecule has 0 spiro atoms. The summed E-state index contributed by atoms with van der Waals surface area (Å²) in [5.74, 6) is 0.152. The molecule has 0 unspecified atom stereocenters. The van der Waals surface area contributed by atoms with Crippen LogP contribution >= 0.6 is 8.20 Å². The monoisotopic (exact) mass is 116 g/mol. The van der Waals surface area contributed by atoms with Gasteiger partial charge in [-0.3, -0.25) is 4.79 Å². The van der Waals surface area contributed by atoms with Crippen LogP contribution in [0.3, 0.4) is 0 Å². The highest BCUT2D eigenvalue weighted by Crippen LogP contribution is 2.03. The Balaban J connectivity index is 3.56. The summed E-state index contributed by atoms with van der Waals surface area (Å²) in [7, 11) is 0.633. The zero-order valence-electron chi connectivity index (χ0n) is 4.64. The molecule has 2 heteroatoms. The lowest BCUT2D eigenvalue weighted by molar-refractivity contribution is -0.113. The van der Waals surface area contributed by atoms with Gasteiger partial charge in [-0.2, -0.15) is 0 Å². The highest BCUT2D eigenvalue weighted by Gasteiger charge is 1.99. The van der Waals surface area contributed by atoms with Gasteiger partial charge in [0.05, 0.1) is 0 Å². The van der Waals surface area contributed by atoms with Crippen molar-refractivity contribution in [3.05, 3.63) is 0 Å². The van der Waals surface area contributed by atoms with Crippen LogP contribution < -0.4 is 0 Å². The third-order valence-electron chi connectivity index (χ3n) is 0.650. The van der Waals surface area contributed by atoms with Crippen LogP contribution in [0.2, 0.25) is 0 Å². The van der Waals surface area contributed by atoms with E-state index in [0.717, 1.165) is 0 Å². The molecule has 1 nitrogen and oxygen atoms in total. The van der Waals surface area contributed by atoms with Crippen molar-refractivity contribution in [3.8, 4) is 0 Å².